The minimum Gasteiger partial charge on any atom is -0.330 e. The van der Waals surface area contributed by atoms with Gasteiger partial charge >= 0.3 is 0 Å². The highest BCUT2D eigenvalue weighted by Crippen LogP contribution is 2.48. The molecule has 1 aliphatic heterocycles. The molecule has 0 bridgehead atoms. The summed E-state index contributed by atoms with van der Waals surface area (Å²) in [5.41, 5.74) is 4.97. The third-order valence-electron chi connectivity index (χ3n) is 6.50. The van der Waals surface area contributed by atoms with Gasteiger partial charge in [-0.2, -0.15) is 0 Å². The third kappa shape index (κ3) is 4.43. The highest BCUT2D eigenvalue weighted by atomic mass is 35.5. The predicted molar refractivity (Wildman–Crippen MR) is 133 cm³/mol. The zero-order valence-corrected chi connectivity index (χ0v) is 20.3. The fourth-order valence-corrected chi connectivity index (χ4v) is 5.67. The smallest absolute Gasteiger partial charge is 0.265 e. The van der Waals surface area contributed by atoms with Gasteiger partial charge in [-0.1, -0.05) is 41.9 Å². The van der Waals surface area contributed by atoms with Crippen molar-refractivity contribution in [2.45, 2.75) is 31.3 Å². The molecule has 2 amide bonds. The topological polar surface area (TPSA) is 52.6 Å². The van der Waals surface area contributed by atoms with E-state index in [1.807, 2.05) is 23.1 Å². The Kier molecular flexibility index (Phi) is 5.77. The van der Waals surface area contributed by atoms with Crippen molar-refractivity contribution in [1.82, 2.24) is 9.80 Å². The molecule has 0 unspecified atom stereocenters. The van der Waals surface area contributed by atoms with Crippen molar-refractivity contribution in [3.63, 3.8) is 0 Å². The minimum atomic E-state index is -0.214. The number of nitrogens with zero attached hydrogens (tertiary/aromatic N) is 2. The Morgan fingerprint density at radius 1 is 1.12 bits per heavy atom. The molecule has 5 rings (SSSR count). The summed E-state index contributed by atoms with van der Waals surface area (Å²) < 4.78 is 0.570. The SMILES string of the molecule is CN(C)CC1(c2ccc(CN3Cc4c(NC(=O)c5ccc(Cl)s5)cccc4C3=O)cc2)CC1. The third-order valence-corrected chi connectivity index (χ3v) is 7.73. The van der Waals surface area contributed by atoms with Crippen LogP contribution in [0.4, 0.5) is 5.69 Å². The van der Waals surface area contributed by atoms with Crippen LogP contribution in [0.5, 0.6) is 0 Å². The van der Waals surface area contributed by atoms with Crippen LogP contribution in [0.2, 0.25) is 4.34 Å². The number of hydrogen-bond acceptors (Lipinski definition) is 4. The lowest BCUT2D eigenvalue weighted by Crippen LogP contribution is -2.26. The lowest BCUT2D eigenvalue weighted by Gasteiger charge is -2.21. The maximum atomic E-state index is 13.1. The number of thiophene rings is 1. The number of carbonyl (C=O) groups is 2. The number of fused-ring (bicyclic) bond motifs is 1. The Morgan fingerprint density at radius 2 is 1.88 bits per heavy atom. The Hall–Kier alpha value is -2.67. The average Bonchev–Trinajstić information content (AvgIpc) is 3.30. The van der Waals surface area contributed by atoms with Gasteiger partial charge in [0.1, 0.15) is 0 Å². The highest BCUT2D eigenvalue weighted by molar-refractivity contribution is 7.18. The molecule has 33 heavy (non-hydrogen) atoms. The van der Waals surface area contributed by atoms with Crippen LogP contribution < -0.4 is 5.32 Å². The highest BCUT2D eigenvalue weighted by Gasteiger charge is 2.44. The number of rotatable bonds is 7. The van der Waals surface area contributed by atoms with Gasteiger partial charge < -0.3 is 15.1 Å². The zero-order valence-electron chi connectivity index (χ0n) is 18.7. The monoisotopic (exact) mass is 479 g/mol. The fourth-order valence-electron chi connectivity index (χ4n) is 4.73. The molecule has 1 N–H and O–H groups in total. The molecular weight excluding hydrogens is 454 g/mol. The summed E-state index contributed by atoms with van der Waals surface area (Å²) in [5.74, 6) is -0.218. The summed E-state index contributed by atoms with van der Waals surface area (Å²) in [5, 5.41) is 2.95. The molecule has 2 heterocycles. The van der Waals surface area contributed by atoms with Crippen molar-refractivity contribution in [2.24, 2.45) is 0 Å². The van der Waals surface area contributed by atoms with E-state index >= 15 is 0 Å². The number of anilines is 1. The van der Waals surface area contributed by atoms with Crippen molar-refractivity contribution in [1.29, 1.82) is 0 Å². The predicted octanol–water partition coefficient (Wildman–Crippen LogP) is 5.40. The molecule has 0 spiro atoms. The normalized spacial score (nSPS) is 16.2. The van der Waals surface area contributed by atoms with Gasteiger partial charge in [-0.3, -0.25) is 9.59 Å². The summed E-state index contributed by atoms with van der Waals surface area (Å²) in [6.07, 6.45) is 2.47. The second kappa shape index (κ2) is 8.60. The van der Waals surface area contributed by atoms with Crippen LogP contribution in [0.3, 0.4) is 0 Å². The zero-order chi connectivity index (χ0) is 23.2. The summed E-state index contributed by atoms with van der Waals surface area (Å²) in [6, 6.07) is 17.6. The molecule has 1 fully saturated rings. The van der Waals surface area contributed by atoms with E-state index in [0.29, 0.717) is 39.0 Å². The first-order valence-corrected chi connectivity index (χ1v) is 12.3. The van der Waals surface area contributed by atoms with E-state index in [1.54, 1.807) is 12.1 Å². The van der Waals surface area contributed by atoms with Crippen LogP contribution in [0.1, 0.15) is 49.6 Å². The number of likely N-dealkylation sites (N-methyl/N-ethyl adjacent to an activating group) is 1. The molecule has 5 nitrogen and oxygen atoms in total. The van der Waals surface area contributed by atoms with Gasteiger partial charge in [0.2, 0.25) is 0 Å². The van der Waals surface area contributed by atoms with Crippen LogP contribution in [0.25, 0.3) is 0 Å². The number of hydrogen-bond donors (Lipinski definition) is 1. The second-order valence-corrected chi connectivity index (χ2v) is 11.0. The lowest BCUT2D eigenvalue weighted by molar-refractivity contribution is 0.0766. The van der Waals surface area contributed by atoms with Crippen molar-refractivity contribution in [2.75, 3.05) is 26.0 Å². The number of carbonyl (C=O) groups excluding carboxylic acids is 2. The van der Waals surface area contributed by atoms with E-state index in [9.17, 15) is 9.59 Å². The Balaban J connectivity index is 1.29. The molecule has 3 aromatic rings. The fraction of sp³-hybridized carbons (Fsp3) is 0.308. The molecule has 1 saturated carbocycles. The van der Waals surface area contributed by atoms with Gasteiger partial charge in [0.25, 0.3) is 11.8 Å². The van der Waals surface area contributed by atoms with Gasteiger partial charge in [-0.05, 0) is 62.3 Å². The number of benzene rings is 2. The van der Waals surface area contributed by atoms with Gasteiger partial charge in [-0.25, -0.2) is 0 Å². The summed E-state index contributed by atoms with van der Waals surface area (Å²) in [4.78, 5) is 30.3. The lowest BCUT2D eigenvalue weighted by atomic mass is 9.94. The Bertz CT molecular complexity index is 1210. The molecule has 1 aliphatic carbocycles. The molecule has 0 radical (unpaired) electrons. The van der Waals surface area contributed by atoms with Crippen LogP contribution in [0, 0.1) is 0 Å². The molecule has 0 saturated heterocycles. The molecule has 2 aromatic carbocycles. The van der Waals surface area contributed by atoms with Gasteiger partial charge in [0.05, 0.1) is 9.21 Å². The second-order valence-electron chi connectivity index (χ2n) is 9.27. The quantitative estimate of drug-likeness (QED) is 0.493. The maximum absolute atomic E-state index is 13.1. The first-order valence-electron chi connectivity index (χ1n) is 11.1. The first-order chi connectivity index (χ1) is 15.8. The van der Waals surface area contributed by atoms with Crippen LogP contribution in [-0.2, 0) is 18.5 Å². The summed E-state index contributed by atoms with van der Waals surface area (Å²) in [6.45, 7) is 2.09. The van der Waals surface area contributed by atoms with E-state index < -0.39 is 0 Å². The number of amides is 2. The van der Waals surface area contributed by atoms with E-state index in [-0.39, 0.29) is 11.8 Å². The largest absolute Gasteiger partial charge is 0.330 e. The number of halogens is 1. The molecule has 1 aromatic heterocycles. The molecule has 2 aliphatic rings. The van der Waals surface area contributed by atoms with Gasteiger partial charge in [0, 0.05) is 41.9 Å². The van der Waals surface area contributed by atoms with E-state index in [4.69, 9.17) is 11.6 Å². The first kappa shape index (κ1) is 22.1. The van der Waals surface area contributed by atoms with Crippen molar-refractivity contribution >= 4 is 40.4 Å². The Morgan fingerprint density at radius 3 is 2.52 bits per heavy atom. The van der Waals surface area contributed by atoms with E-state index in [2.05, 4.69) is 48.6 Å². The van der Waals surface area contributed by atoms with Crippen molar-refractivity contribution in [3.8, 4) is 0 Å². The Labute approximate surface area is 203 Å². The molecule has 0 atom stereocenters. The van der Waals surface area contributed by atoms with Crippen molar-refractivity contribution in [3.05, 3.63) is 86.1 Å². The van der Waals surface area contributed by atoms with Crippen molar-refractivity contribution < 1.29 is 9.59 Å². The minimum absolute atomic E-state index is 0.00406. The van der Waals surface area contributed by atoms with E-state index in [0.717, 1.165) is 17.7 Å². The maximum Gasteiger partial charge on any atom is 0.265 e. The molecule has 170 valence electrons. The van der Waals surface area contributed by atoms with Crippen LogP contribution in [0.15, 0.2) is 54.6 Å². The molecular formula is C26H26ClN3O2S. The van der Waals surface area contributed by atoms with Crippen LogP contribution in [-0.4, -0.2) is 42.3 Å². The summed E-state index contributed by atoms with van der Waals surface area (Å²) in [7, 11) is 4.24. The standard InChI is InChI=1S/C26H26ClN3O2S/c1-29(2)16-26(12-13-26)18-8-6-17(7-9-18)14-30-15-20-19(25(30)32)4-3-5-21(20)28-24(31)22-10-11-23(27)33-22/h3-11H,12-16H2,1-2H3,(H,28,31). The molecule has 7 heteroatoms. The van der Waals surface area contributed by atoms with Gasteiger partial charge in [-0.15, -0.1) is 11.3 Å². The summed E-state index contributed by atoms with van der Waals surface area (Å²) >= 11 is 7.20. The van der Waals surface area contributed by atoms with Crippen LogP contribution >= 0.6 is 22.9 Å². The van der Waals surface area contributed by atoms with E-state index in [1.165, 1.54) is 29.7 Å². The average molecular weight is 480 g/mol. The number of nitrogens with one attached hydrogen (secondary N) is 1. The van der Waals surface area contributed by atoms with Gasteiger partial charge in [0.15, 0.2) is 0 Å².